The predicted molar refractivity (Wildman–Crippen MR) is 87.1 cm³/mol. The minimum atomic E-state index is -0.415. The van der Waals surface area contributed by atoms with Crippen LogP contribution in [0.25, 0.3) is 0 Å². The van der Waals surface area contributed by atoms with E-state index in [0.29, 0.717) is 0 Å². The van der Waals surface area contributed by atoms with E-state index in [-0.39, 0.29) is 0 Å². The summed E-state index contributed by atoms with van der Waals surface area (Å²) < 4.78 is 1.03. The number of aliphatic hydroxyl groups excluding tert-OH is 1. The number of halogens is 1. The van der Waals surface area contributed by atoms with Gasteiger partial charge in [0.1, 0.15) is 0 Å². The van der Waals surface area contributed by atoms with Crippen LogP contribution in [-0.4, -0.2) is 17.7 Å². The van der Waals surface area contributed by atoms with E-state index in [4.69, 9.17) is 0 Å². The maximum atomic E-state index is 9.75. The fraction of sp³-hybridized carbons (Fsp3) is 0.647. The zero-order chi connectivity index (χ0) is 14.1. The lowest BCUT2D eigenvalue weighted by Crippen LogP contribution is -2.46. The topological polar surface area (TPSA) is 23.5 Å². The van der Waals surface area contributed by atoms with Crippen LogP contribution in [0.4, 0.5) is 5.69 Å². The van der Waals surface area contributed by atoms with Crippen LogP contribution in [0.5, 0.6) is 0 Å². The fourth-order valence-corrected chi connectivity index (χ4v) is 4.68. The third-order valence-electron chi connectivity index (χ3n) is 5.01. The first-order chi connectivity index (χ1) is 9.66. The van der Waals surface area contributed by atoms with Crippen LogP contribution in [0.3, 0.4) is 0 Å². The first-order valence-electron chi connectivity index (χ1n) is 7.91. The molecule has 1 N–H and O–H groups in total. The highest BCUT2D eigenvalue weighted by Gasteiger charge is 2.33. The lowest BCUT2D eigenvalue weighted by Gasteiger charge is -2.45. The minimum absolute atomic E-state index is 0.415. The summed E-state index contributed by atoms with van der Waals surface area (Å²) in [5, 5.41) is 9.75. The van der Waals surface area contributed by atoms with Crippen molar-refractivity contribution in [3.05, 3.63) is 28.2 Å². The van der Waals surface area contributed by atoms with Crippen LogP contribution in [0.2, 0.25) is 0 Å². The van der Waals surface area contributed by atoms with Crippen molar-refractivity contribution in [3.8, 4) is 0 Å². The molecule has 2 fully saturated rings. The fourth-order valence-electron chi connectivity index (χ4n) is 3.98. The molecular weight excluding hydrogens is 314 g/mol. The number of piperidine rings is 1. The lowest BCUT2D eigenvalue weighted by atomic mass is 9.78. The molecule has 110 valence electrons. The van der Waals surface area contributed by atoms with Crippen LogP contribution in [-0.2, 0) is 0 Å². The smallest absolute Gasteiger partial charge is 0.0772 e. The third-order valence-corrected chi connectivity index (χ3v) is 5.70. The van der Waals surface area contributed by atoms with Crippen molar-refractivity contribution in [2.75, 3.05) is 11.4 Å². The van der Waals surface area contributed by atoms with Gasteiger partial charge in [0.25, 0.3) is 0 Å². The maximum Gasteiger partial charge on any atom is 0.0772 e. The summed E-state index contributed by atoms with van der Waals surface area (Å²) in [6, 6.07) is 7.18. The summed E-state index contributed by atoms with van der Waals surface area (Å²) in [4.78, 5) is 2.61. The molecule has 3 rings (SSSR count). The van der Waals surface area contributed by atoms with Crippen molar-refractivity contribution in [1.29, 1.82) is 0 Å². The summed E-state index contributed by atoms with van der Waals surface area (Å²) in [6.07, 6.45) is 7.87. The second-order valence-corrected chi connectivity index (χ2v) is 7.18. The number of anilines is 1. The molecule has 2 nitrogen and oxygen atoms in total. The second-order valence-electron chi connectivity index (χ2n) is 6.33. The highest BCUT2D eigenvalue weighted by Crippen LogP contribution is 2.39. The molecule has 1 aliphatic heterocycles. The van der Waals surface area contributed by atoms with Crippen molar-refractivity contribution in [1.82, 2.24) is 0 Å². The molecule has 3 unspecified atom stereocenters. The van der Waals surface area contributed by atoms with E-state index in [1.165, 1.54) is 50.8 Å². The van der Waals surface area contributed by atoms with Crippen LogP contribution >= 0.6 is 15.9 Å². The van der Waals surface area contributed by atoms with Gasteiger partial charge in [-0.05, 0) is 56.2 Å². The van der Waals surface area contributed by atoms with E-state index in [2.05, 4.69) is 39.0 Å². The number of hydrogen-bond acceptors (Lipinski definition) is 2. The van der Waals surface area contributed by atoms with Gasteiger partial charge in [-0.25, -0.2) is 0 Å². The highest BCUT2D eigenvalue weighted by atomic mass is 79.9. The normalized spacial score (nSPS) is 28.1. The van der Waals surface area contributed by atoms with Crippen LogP contribution in [0.15, 0.2) is 22.7 Å². The van der Waals surface area contributed by atoms with Gasteiger partial charge in [0.15, 0.2) is 0 Å². The Hall–Kier alpha value is -0.540. The van der Waals surface area contributed by atoms with Gasteiger partial charge < -0.3 is 10.0 Å². The molecule has 1 aromatic carbocycles. The summed E-state index contributed by atoms with van der Waals surface area (Å²) >= 11 is 3.62. The summed E-state index contributed by atoms with van der Waals surface area (Å²) in [7, 11) is 0. The number of aliphatic hydroxyl groups is 1. The van der Waals surface area contributed by atoms with E-state index >= 15 is 0 Å². The Bertz CT molecular complexity index is 472. The molecule has 1 aromatic rings. The zero-order valence-corrected chi connectivity index (χ0v) is 13.8. The maximum absolute atomic E-state index is 9.75. The van der Waals surface area contributed by atoms with Crippen LogP contribution in [0, 0.1) is 5.92 Å². The van der Waals surface area contributed by atoms with E-state index < -0.39 is 6.10 Å². The Kier molecular flexibility index (Phi) is 4.37. The van der Waals surface area contributed by atoms with Gasteiger partial charge in [0, 0.05) is 22.7 Å². The first kappa shape index (κ1) is 14.4. The molecule has 1 saturated carbocycles. The predicted octanol–water partition coefficient (Wildman–Crippen LogP) is 4.66. The summed E-state index contributed by atoms with van der Waals surface area (Å²) in [5.41, 5.74) is 2.30. The van der Waals surface area contributed by atoms with Gasteiger partial charge in [-0.15, -0.1) is 0 Å². The van der Waals surface area contributed by atoms with Crippen molar-refractivity contribution in [3.63, 3.8) is 0 Å². The molecule has 0 aromatic heterocycles. The Morgan fingerprint density at radius 1 is 1.20 bits per heavy atom. The first-order valence-corrected chi connectivity index (χ1v) is 8.70. The molecule has 2 aliphatic rings. The average molecular weight is 338 g/mol. The molecule has 20 heavy (non-hydrogen) atoms. The van der Waals surface area contributed by atoms with E-state index in [1.54, 1.807) is 0 Å². The number of hydrogen-bond donors (Lipinski definition) is 1. The molecule has 3 atom stereocenters. The van der Waals surface area contributed by atoms with Gasteiger partial charge in [-0.1, -0.05) is 34.8 Å². The van der Waals surface area contributed by atoms with E-state index in [1.807, 2.05) is 6.92 Å². The largest absolute Gasteiger partial charge is 0.389 e. The molecule has 1 saturated heterocycles. The highest BCUT2D eigenvalue weighted by molar-refractivity contribution is 9.10. The molecule has 0 radical (unpaired) electrons. The number of rotatable bonds is 2. The molecule has 0 amide bonds. The zero-order valence-electron chi connectivity index (χ0n) is 12.2. The van der Waals surface area contributed by atoms with Gasteiger partial charge in [0.05, 0.1) is 6.10 Å². The van der Waals surface area contributed by atoms with Crippen LogP contribution in [0.1, 0.15) is 57.1 Å². The summed E-state index contributed by atoms with van der Waals surface area (Å²) in [6.45, 7) is 3.00. The third kappa shape index (κ3) is 2.75. The number of benzene rings is 1. The quantitative estimate of drug-likeness (QED) is 0.848. The molecule has 1 heterocycles. The van der Waals surface area contributed by atoms with Gasteiger partial charge in [-0.2, -0.15) is 0 Å². The van der Waals surface area contributed by atoms with Gasteiger partial charge in [-0.3, -0.25) is 0 Å². The van der Waals surface area contributed by atoms with Gasteiger partial charge >= 0.3 is 0 Å². The van der Waals surface area contributed by atoms with Gasteiger partial charge in [0.2, 0.25) is 0 Å². The lowest BCUT2D eigenvalue weighted by molar-refractivity contribution is 0.198. The molecule has 0 bridgehead atoms. The average Bonchev–Trinajstić information content (AvgIpc) is 2.46. The van der Waals surface area contributed by atoms with Crippen molar-refractivity contribution < 1.29 is 5.11 Å². The second kappa shape index (κ2) is 6.07. The monoisotopic (exact) mass is 337 g/mol. The standard InChI is InChI=1S/C17H24BrNO/c1-12(20)15-9-8-14(11-16(15)18)19-10-4-6-13-5-2-3-7-17(13)19/h8-9,11-13,17,20H,2-7,10H2,1H3. The molecule has 0 spiro atoms. The molecule has 3 heteroatoms. The Morgan fingerprint density at radius 2 is 1.95 bits per heavy atom. The Balaban J connectivity index is 1.85. The van der Waals surface area contributed by atoms with E-state index in [9.17, 15) is 5.11 Å². The Morgan fingerprint density at radius 3 is 2.70 bits per heavy atom. The SMILES string of the molecule is CC(O)c1ccc(N2CCCC3CCCCC32)cc1Br. The van der Waals surface area contributed by atoms with Crippen molar-refractivity contribution in [2.45, 2.75) is 57.6 Å². The number of fused-ring (bicyclic) bond motifs is 1. The minimum Gasteiger partial charge on any atom is -0.389 e. The van der Waals surface area contributed by atoms with Crippen molar-refractivity contribution >= 4 is 21.6 Å². The number of nitrogens with zero attached hydrogens (tertiary/aromatic N) is 1. The van der Waals surface area contributed by atoms with E-state index in [0.717, 1.165) is 22.0 Å². The van der Waals surface area contributed by atoms with Crippen LogP contribution < -0.4 is 4.90 Å². The summed E-state index contributed by atoms with van der Waals surface area (Å²) in [5.74, 6) is 0.896. The Labute approximate surface area is 130 Å². The van der Waals surface area contributed by atoms with Crippen molar-refractivity contribution in [2.24, 2.45) is 5.92 Å². The molecule has 1 aliphatic carbocycles. The molecular formula is C17H24BrNO.